The molecule has 0 unspecified atom stereocenters. The van der Waals surface area contributed by atoms with Crippen LogP contribution in [-0.4, -0.2) is 31.5 Å². The monoisotopic (exact) mass is 290 g/mol. The molecule has 0 heterocycles. The maximum absolute atomic E-state index is 3.43. The smallest absolute Gasteiger partial charge is 0.0586 e. The van der Waals surface area contributed by atoms with Crippen molar-refractivity contribution in [1.29, 1.82) is 0 Å². The van der Waals surface area contributed by atoms with Crippen molar-refractivity contribution in [1.82, 2.24) is 0 Å². The third-order valence-electron chi connectivity index (χ3n) is 1.21. The minimum absolute atomic E-state index is 0. The summed E-state index contributed by atoms with van der Waals surface area (Å²) >= 11 is 3.43. The molecule has 10 heavy (non-hydrogen) atoms. The Morgan fingerprint density at radius 3 is 1.90 bits per heavy atom. The lowest BCUT2D eigenvalue weighted by Gasteiger charge is -2.09. The van der Waals surface area contributed by atoms with Gasteiger partial charge in [0, 0.05) is 32.6 Å². The average Bonchev–Trinajstić information content (AvgIpc) is 1.63. The first-order valence-corrected chi connectivity index (χ1v) is 7.86. The first-order chi connectivity index (χ1) is 4.06. The minimum atomic E-state index is -0.466. The molecule has 0 spiro atoms. The van der Waals surface area contributed by atoms with Crippen LogP contribution >= 0.6 is 23.2 Å². The van der Waals surface area contributed by atoms with Crippen LogP contribution in [0.5, 0.6) is 0 Å². The highest BCUT2D eigenvalue weighted by Gasteiger charge is 2.14. The SMILES string of the molecule is C[P+](C)(C)CCCCBr.[Br-]. The van der Waals surface area contributed by atoms with E-state index in [1.165, 1.54) is 24.3 Å². The van der Waals surface area contributed by atoms with Gasteiger partial charge >= 0.3 is 0 Å². The average molecular weight is 292 g/mol. The first kappa shape index (κ1) is 13.9. The predicted octanol–water partition coefficient (Wildman–Crippen LogP) is 0.0725. The van der Waals surface area contributed by atoms with E-state index in [1.807, 2.05) is 0 Å². The van der Waals surface area contributed by atoms with Gasteiger partial charge in [0.05, 0.1) is 6.16 Å². The molecule has 3 heteroatoms. The van der Waals surface area contributed by atoms with Crippen LogP contribution in [0.25, 0.3) is 0 Å². The van der Waals surface area contributed by atoms with Crippen LogP contribution < -0.4 is 17.0 Å². The van der Waals surface area contributed by atoms with Gasteiger partial charge in [-0.25, -0.2) is 0 Å². The number of halogens is 2. The van der Waals surface area contributed by atoms with E-state index < -0.39 is 7.26 Å². The Bertz CT molecular complexity index is 68.5. The Hall–Kier alpha value is 1.39. The minimum Gasteiger partial charge on any atom is -1.00 e. The van der Waals surface area contributed by atoms with Crippen molar-refractivity contribution in [3.63, 3.8) is 0 Å². The van der Waals surface area contributed by atoms with E-state index in [9.17, 15) is 0 Å². The van der Waals surface area contributed by atoms with Crippen molar-refractivity contribution in [3.05, 3.63) is 0 Å². The van der Waals surface area contributed by atoms with Gasteiger partial charge in [-0.15, -0.1) is 0 Å². The number of hydrogen-bond acceptors (Lipinski definition) is 0. The Balaban J connectivity index is 0. The zero-order valence-electron chi connectivity index (χ0n) is 7.03. The van der Waals surface area contributed by atoms with Gasteiger partial charge in [-0.05, 0) is 12.8 Å². The number of unbranched alkanes of at least 4 members (excludes halogenated alkanes) is 1. The summed E-state index contributed by atoms with van der Waals surface area (Å²) in [6.45, 7) is 7.21. The second-order valence-corrected chi connectivity index (χ2v) is 9.23. The topological polar surface area (TPSA) is 0 Å². The fraction of sp³-hybridized carbons (Fsp3) is 1.00. The van der Waals surface area contributed by atoms with E-state index in [2.05, 4.69) is 35.9 Å². The van der Waals surface area contributed by atoms with Crippen LogP contribution in [0.3, 0.4) is 0 Å². The van der Waals surface area contributed by atoms with Crippen molar-refractivity contribution in [2.24, 2.45) is 0 Å². The van der Waals surface area contributed by atoms with Gasteiger partial charge in [-0.1, -0.05) is 15.9 Å². The largest absolute Gasteiger partial charge is 1.00 e. The molecule has 0 N–H and O–H groups in total. The molecule has 0 atom stereocenters. The molecular weight excluding hydrogens is 275 g/mol. The lowest BCUT2D eigenvalue weighted by molar-refractivity contribution is -0.00000216. The summed E-state index contributed by atoms with van der Waals surface area (Å²) in [7, 11) is -0.466. The molecule has 0 aliphatic rings. The zero-order chi connectivity index (χ0) is 7.33. The van der Waals surface area contributed by atoms with Crippen LogP contribution in [0.1, 0.15) is 12.8 Å². The Labute approximate surface area is 84.4 Å². The van der Waals surface area contributed by atoms with E-state index in [0.29, 0.717) is 0 Å². The second-order valence-electron chi connectivity index (χ2n) is 3.41. The standard InChI is InChI=1S/C7H17BrP.BrH/c1-9(2,3)7-5-4-6-8;/h4-7H2,1-3H3;1H/q+1;/p-1. The molecule has 0 radical (unpaired) electrons. The Kier molecular flexibility index (Phi) is 9.85. The van der Waals surface area contributed by atoms with E-state index in [4.69, 9.17) is 0 Å². The molecular formula is C7H17Br2P. The summed E-state index contributed by atoms with van der Waals surface area (Å²) in [5, 5.41) is 1.17. The van der Waals surface area contributed by atoms with Gasteiger partial charge in [-0.3, -0.25) is 0 Å². The van der Waals surface area contributed by atoms with Crippen molar-refractivity contribution in [2.75, 3.05) is 31.5 Å². The number of hydrogen-bond donors (Lipinski definition) is 0. The van der Waals surface area contributed by atoms with Crippen LogP contribution in [0, 0.1) is 0 Å². The normalized spacial score (nSPS) is 10.8. The molecule has 64 valence electrons. The van der Waals surface area contributed by atoms with Gasteiger partial charge in [0.1, 0.15) is 0 Å². The summed E-state index contributed by atoms with van der Waals surface area (Å²) in [5.41, 5.74) is 0. The third kappa shape index (κ3) is 12.1. The molecule has 0 aromatic heterocycles. The summed E-state index contributed by atoms with van der Waals surface area (Å²) in [6, 6.07) is 0. The maximum Gasteiger partial charge on any atom is 0.0586 e. The Morgan fingerprint density at radius 1 is 1.10 bits per heavy atom. The molecule has 0 amide bonds. The Morgan fingerprint density at radius 2 is 1.60 bits per heavy atom. The van der Waals surface area contributed by atoms with E-state index in [0.717, 1.165) is 0 Å². The van der Waals surface area contributed by atoms with Gasteiger partial charge in [0.15, 0.2) is 0 Å². The van der Waals surface area contributed by atoms with E-state index in [-0.39, 0.29) is 17.0 Å². The number of alkyl halides is 1. The highest BCUT2D eigenvalue weighted by atomic mass is 79.9. The fourth-order valence-corrected chi connectivity index (χ4v) is 2.25. The van der Waals surface area contributed by atoms with Crippen LogP contribution in [-0.2, 0) is 0 Å². The highest BCUT2D eigenvalue weighted by molar-refractivity contribution is 9.09. The third-order valence-corrected chi connectivity index (χ3v) is 3.43. The lowest BCUT2D eigenvalue weighted by Crippen LogP contribution is -3.00. The summed E-state index contributed by atoms with van der Waals surface area (Å²) in [6.07, 6.45) is 4.21. The highest BCUT2D eigenvalue weighted by Crippen LogP contribution is 2.46. The summed E-state index contributed by atoms with van der Waals surface area (Å²) in [4.78, 5) is 0. The van der Waals surface area contributed by atoms with Crippen molar-refractivity contribution in [2.45, 2.75) is 12.8 Å². The molecule has 0 rings (SSSR count). The molecule has 0 aliphatic heterocycles. The molecule has 0 aromatic rings. The van der Waals surface area contributed by atoms with E-state index >= 15 is 0 Å². The molecule has 0 nitrogen and oxygen atoms in total. The van der Waals surface area contributed by atoms with E-state index in [1.54, 1.807) is 0 Å². The molecule has 0 saturated carbocycles. The summed E-state index contributed by atoms with van der Waals surface area (Å²) in [5.74, 6) is 0. The quantitative estimate of drug-likeness (QED) is 0.391. The van der Waals surface area contributed by atoms with Crippen LogP contribution in [0.4, 0.5) is 0 Å². The lowest BCUT2D eigenvalue weighted by atomic mass is 10.4. The second kappa shape index (κ2) is 7.06. The number of rotatable bonds is 4. The van der Waals surface area contributed by atoms with Crippen LogP contribution in [0.15, 0.2) is 0 Å². The summed E-state index contributed by atoms with van der Waals surface area (Å²) < 4.78 is 0. The van der Waals surface area contributed by atoms with Gasteiger partial charge in [0.25, 0.3) is 0 Å². The maximum atomic E-state index is 3.43. The molecule has 0 bridgehead atoms. The zero-order valence-corrected chi connectivity index (χ0v) is 11.1. The molecule has 0 saturated heterocycles. The molecule has 0 fully saturated rings. The fourth-order valence-electron chi connectivity index (χ4n) is 0.681. The van der Waals surface area contributed by atoms with Crippen LogP contribution in [0.2, 0.25) is 0 Å². The predicted molar refractivity (Wildman–Crippen MR) is 52.6 cm³/mol. The molecule has 0 aliphatic carbocycles. The van der Waals surface area contributed by atoms with Crippen molar-refractivity contribution in [3.8, 4) is 0 Å². The first-order valence-electron chi connectivity index (χ1n) is 3.43. The van der Waals surface area contributed by atoms with Crippen molar-refractivity contribution >= 4 is 23.2 Å². The van der Waals surface area contributed by atoms with Gasteiger partial charge in [-0.2, -0.15) is 0 Å². The van der Waals surface area contributed by atoms with Gasteiger partial charge in [0.2, 0.25) is 0 Å². The molecule has 0 aromatic carbocycles. The van der Waals surface area contributed by atoms with Crippen molar-refractivity contribution < 1.29 is 17.0 Å². The van der Waals surface area contributed by atoms with Gasteiger partial charge < -0.3 is 17.0 Å².